The van der Waals surface area contributed by atoms with Crippen LogP contribution in [0.4, 0.5) is 16.2 Å². The molecular weight excluding hydrogens is 533 g/mol. The fourth-order valence-corrected chi connectivity index (χ4v) is 4.41. The zero-order valence-electron chi connectivity index (χ0n) is 17.9. The number of rotatable bonds is 7. The molecule has 1 aliphatic rings. The van der Waals surface area contributed by atoms with Crippen molar-refractivity contribution in [2.75, 3.05) is 0 Å². The van der Waals surface area contributed by atoms with Crippen LogP contribution in [0.25, 0.3) is 6.08 Å². The lowest BCUT2D eigenvalue weighted by Gasteiger charge is -2.13. The Bertz CT molecular complexity index is 1460. The molecule has 0 radical (unpaired) electrons. The van der Waals surface area contributed by atoms with Gasteiger partial charge in [-0.1, -0.05) is 41.4 Å². The van der Waals surface area contributed by atoms with Gasteiger partial charge >= 0.3 is 5.69 Å². The van der Waals surface area contributed by atoms with Crippen LogP contribution in [-0.4, -0.2) is 25.9 Å². The molecule has 182 valence electrons. The Hall–Kier alpha value is -3.93. The van der Waals surface area contributed by atoms with E-state index < -0.39 is 32.4 Å². The van der Waals surface area contributed by atoms with Crippen molar-refractivity contribution in [1.82, 2.24) is 4.90 Å². The largest absolute Gasteiger partial charge is 0.450 e. The molecule has 3 aromatic carbocycles. The van der Waals surface area contributed by atoms with E-state index in [4.69, 9.17) is 27.9 Å². The third-order valence-electron chi connectivity index (χ3n) is 4.93. The summed E-state index contributed by atoms with van der Waals surface area (Å²) in [4.78, 5) is 47.3. The molecule has 0 aromatic heterocycles. The smallest absolute Gasteiger partial charge is 0.318 e. The number of carbonyl (C=O) groups excluding carboxylic acids is 2. The minimum Gasteiger partial charge on any atom is -0.450 e. The molecule has 2 amide bonds. The first-order valence-corrected chi connectivity index (χ1v) is 11.6. The maximum atomic E-state index is 12.9. The van der Waals surface area contributed by atoms with Gasteiger partial charge in [0.25, 0.3) is 16.8 Å². The summed E-state index contributed by atoms with van der Waals surface area (Å²) in [6, 6.07) is 14.2. The van der Waals surface area contributed by atoms with E-state index in [0.29, 0.717) is 21.2 Å². The van der Waals surface area contributed by atoms with Crippen LogP contribution < -0.4 is 4.74 Å². The molecule has 1 heterocycles. The quantitative estimate of drug-likeness (QED) is 0.179. The Morgan fingerprint density at radius 1 is 0.944 bits per heavy atom. The van der Waals surface area contributed by atoms with Crippen LogP contribution in [0.5, 0.6) is 11.5 Å². The van der Waals surface area contributed by atoms with Gasteiger partial charge in [0.2, 0.25) is 5.75 Å². The zero-order chi connectivity index (χ0) is 26.0. The molecule has 0 atom stereocenters. The predicted molar refractivity (Wildman–Crippen MR) is 134 cm³/mol. The number of nitro groups is 2. The monoisotopic (exact) mass is 545 g/mol. The molecule has 4 rings (SSSR count). The molecular formula is C23H13Cl2N3O7S. The van der Waals surface area contributed by atoms with Gasteiger partial charge in [-0.2, -0.15) is 0 Å². The molecule has 36 heavy (non-hydrogen) atoms. The van der Waals surface area contributed by atoms with Crippen molar-refractivity contribution in [2.45, 2.75) is 6.54 Å². The lowest BCUT2D eigenvalue weighted by atomic mass is 10.2. The van der Waals surface area contributed by atoms with Crippen LogP contribution in [-0.2, 0) is 11.3 Å². The number of benzene rings is 3. The molecule has 0 aliphatic carbocycles. The number of non-ortho nitro benzene ring substituents is 1. The molecule has 1 saturated heterocycles. The topological polar surface area (TPSA) is 133 Å². The number of amides is 2. The third-order valence-corrected chi connectivity index (χ3v) is 6.58. The van der Waals surface area contributed by atoms with Crippen molar-refractivity contribution in [3.05, 3.63) is 107 Å². The molecule has 0 bridgehead atoms. The van der Waals surface area contributed by atoms with Crippen LogP contribution in [0.3, 0.4) is 0 Å². The van der Waals surface area contributed by atoms with E-state index in [1.54, 1.807) is 30.3 Å². The Balaban J connectivity index is 1.55. The van der Waals surface area contributed by atoms with Gasteiger partial charge in [-0.15, -0.1) is 0 Å². The fourth-order valence-electron chi connectivity index (χ4n) is 3.25. The number of carbonyl (C=O) groups is 2. The van der Waals surface area contributed by atoms with E-state index in [2.05, 4.69) is 0 Å². The summed E-state index contributed by atoms with van der Waals surface area (Å²) in [6.45, 7) is 0.0197. The summed E-state index contributed by atoms with van der Waals surface area (Å²) in [7, 11) is 0. The second kappa shape index (κ2) is 10.4. The second-order valence-corrected chi connectivity index (χ2v) is 9.16. The summed E-state index contributed by atoms with van der Waals surface area (Å²) < 4.78 is 5.59. The summed E-state index contributed by atoms with van der Waals surface area (Å²) in [6.07, 6.45) is 1.50. The minimum absolute atomic E-state index is 0.0197. The van der Waals surface area contributed by atoms with Gasteiger partial charge in [0, 0.05) is 6.07 Å². The highest BCUT2D eigenvalue weighted by atomic mass is 35.5. The molecule has 0 saturated carbocycles. The molecule has 0 unspecified atom stereocenters. The van der Waals surface area contributed by atoms with E-state index in [1.807, 2.05) is 0 Å². The fraction of sp³-hybridized carbons (Fsp3) is 0.0435. The van der Waals surface area contributed by atoms with Crippen molar-refractivity contribution in [3.63, 3.8) is 0 Å². The maximum absolute atomic E-state index is 12.9. The van der Waals surface area contributed by atoms with E-state index in [-0.39, 0.29) is 22.9 Å². The van der Waals surface area contributed by atoms with Crippen molar-refractivity contribution in [3.8, 4) is 11.5 Å². The van der Waals surface area contributed by atoms with Crippen LogP contribution in [0.1, 0.15) is 11.1 Å². The highest BCUT2D eigenvalue weighted by Gasteiger charge is 2.35. The maximum Gasteiger partial charge on any atom is 0.318 e. The van der Waals surface area contributed by atoms with Gasteiger partial charge in [0.15, 0.2) is 0 Å². The molecule has 3 aromatic rings. The standard InChI is InChI=1S/C23H13Cl2N3O7S/c24-17-6-4-14(9-18(17)25)12-26-22(29)21(36-23(26)30)10-13-2-1-3-16(8-13)35-20-7-5-15(27(31)32)11-19(20)28(33)34/h1-11H,12H2/b21-10-. The van der Waals surface area contributed by atoms with Crippen molar-refractivity contribution in [1.29, 1.82) is 0 Å². The van der Waals surface area contributed by atoms with Crippen molar-refractivity contribution in [2.24, 2.45) is 0 Å². The first kappa shape index (κ1) is 25.2. The van der Waals surface area contributed by atoms with Gasteiger partial charge < -0.3 is 4.74 Å². The first-order valence-electron chi connectivity index (χ1n) is 10.0. The number of nitro benzene ring substituents is 2. The highest BCUT2D eigenvalue weighted by molar-refractivity contribution is 8.18. The summed E-state index contributed by atoms with van der Waals surface area (Å²) in [5.74, 6) is -0.492. The number of nitrogens with zero attached hydrogens (tertiary/aromatic N) is 3. The number of imide groups is 1. The normalized spacial score (nSPS) is 14.4. The van der Waals surface area contributed by atoms with Crippen molar-refractivity contribution >= 4 is 63.6 Å². The van der Waals surface area contributed by atoms with Crippen LogP contribution in [0.2, 0.25) is 10.0 Å². The lowest BCUT2D eigenvalue weighted by Crippen LogP contribution is -2.27. The van der Waals surface area contributed by atoms with E-state index >= 15 is 0 Å². The molecule has 1 aliphatic heterocycles. The summed E-state index contributed by atoms with van der Waals surface area (Å²) in [5, 5.41) is 22.5. The third kappa shape index (κ3) is 5.48. The highest BCUT2D eigenvalue weighted by Crippen LogP contribution is 2.37. The van der Waals surface area contributed by atoms with Crippen molar-refractivity contribution < 1.29 is 24.2 Å². The average molecular weight is 546 g/mol. The number of ether oxygens (including phenoxy) is 1. The van der Waals surface area contributed by atoms with Gasteiger partial charge in [-0.05, 0) is 59.3 Å². The second-order valence-electron chi connectivity index (χ2n) is 7.36. The van der Waals surface area contributed by atoms with Crippen LogP contribution in [0, 0.1) is 20.2 Å². The summed E-state index contributed by atoms with van der Waals surface area (Å²) in [5.41, 5.74) is 0.113. The molecule has 10 nitrogen and oxygen atoms in total. The Labute approximate surface area is 217 Å². The van der Waals surface area contributed by atoms with Crippen LogP contribution >= 0.6 is 35.0 Å². The first-order chi connectivity index (χ1) is 17.1. The average Bonchev–Trinajstić information content (AvgIpc) is 3.09. The summed E-state index contributed by atoms with van der Waals surface area (Å²) >= 11 is 12.7. The van der Waals surface area contributed by atoms with E-state index in [1.165, 1.54) is 18.2 Å². The Morgan fingerprint density at radius 2 is 1.72 bits per heavy atom. The number of hydrogen-bond donors (Lipinski definition) is 0. The SMILES string of the molecule is O=C1S/C(=C\c2cccc(Oc3ccc([N+](=O)[O-])cc3[N+](=O)[O-])c2)C(=O)N1Cc1ccc(Cl)c(Cl)c1. The number of halogens is 2. The number of hydrogen-bond acceptors (Lipinski definition) is 8. The molecule has 0 spiro atoms. The Morgan fingerprint density at radius 3 is 2.42 bits per heavy atom. The molecule has 1 fully saturated rings. The van der Waals surface area contributed by atoms with E-state index in [0.717, 1.165) is 34.9 Å². The van der Waals surface area contributed by atoms with E-state index in [9.17, 15) is 29.8 Å². The van der Waals surface area contributed by atoms with Gasteiger partial charge in [-0.3, -0.25) is 34.7 Å². The zero-order valence-corrected chi connectivity index (χ0v) is 20.2. The molecule has 0 N–H and O–H groups in total. The van der Waals surface area contributed by atoms with Crippen LogP contribution in [0.15, 0.2) is 65.6 Å². The predicted octanol–water partition coefficient (Wildman–Crippen LogP) is 6.84. The van der Waals surface area contributed by atoms with Gasteiger partial charge in [0.1, 0.15) is 5.75 Å². The minimum atomic E-state index is -0.782. The van der Waals surface area contributed by atoms with Gasteiger partial charge in [-0.25, -0.2) is 0 Å². The Kier molecular flexibility index (Phi) is 7.25. The molecule has 13 heteroatoms. The van der Waals surface area contributed by atoms with Gasteiger partial charge in [0.05, 0.1) is 37.4 Å². The lowest BCUT2D eigenvalue weighted by molar-refractivity contribution is -0.394. The number of thioether (sulfide) groups is 1.